The first-order valence-corrected chi connectivity index (χ1v) is 7.35. The van der Waals surface area contributed by atoms with Crippen LogP contribution in [0.4, 0.5) is 4.39 Å². The molecule has 0 bridgehead atoms. The van der Waals surface area contributed by atoms with E-state index in [1.54, 1.807) is 19.1 Å². The van der Waals surface area contributed by atoms with Crippen molar-refractivity contribution in [3.05, 3.63) is 47.5 Å². The summed E-state index contributed by atoms with van der Waals surface area (Å²) in [5.41, 5.74) is 0.596. The summed E-state index contributed by atoms with van der Waals surface area (Å²) in [5.74, 6) is -1.40. The number of nitrogens with one attached hydrogen (secondary N) is 2. The minimum Gasteiger partial charge on any atom is -0.484 e. The molecular weight excluding hydrogens is 317 g/mol. The molecule has 1 heterocycles. The van der Waals surface area contributed by atoms with E-state index >= 15 is 0 Å². The van der Waals surface area contributed by atoms with Gasteiger partial charge in [0.15, 0.2) is 11.6 Å². The van der Waals surface area contributed by atoms with Crippen LogP contribution in [0.1, 0.15) is 29.5 Å². The Morgan fingerprint density at radius 2 is 2.12 bits per heavy atom. The standard InChI is InChI=1S/C16H18FN3O4/c1-3-12(16(22)23-2)18-15(21)13-8-10(19-20-13)9-24-14-7-5-4-6-11(14)17/h4-8,12H,3,9H2,1-2H3,(H,18,21)(H,19,20)/t12-/m0/s1. The first-order valence-electron chi connectivity index (χ1n) is 7.35. The van der Waals surface area contributed by atoms with Crippen molar-refractivity contribution in [3.63, 3.8) is 0 Å². The van der Waals surface area contributed by atoms with Crippen molar-refractivity contribution in [2.45, 2.75) is 26.0 Å². The number of rotatable bonds is 7. The van der Waals surface area contributed by atoms with Crippen LogP contribution in [0.5, 0.6) is 5.75 Å². The molecule has 0 aliphatic heterocycles. The molecule has 0 saturated carbocycles. The molecule has 8 heteroatoms. The number of methoxy groups -OCH3 is 1. The van der Waals surface area contributed by atoms with Gasteiger partial charge in [-0.25, -0.2) is 9.18 Å². The van der Waals surface area contributed by atoms with Gasteiger partial charge in [0.2, 0.25) is 0 Å². The minimum absolute atomic E-state index is 0.0232. The molecule has 7 nitrogen and oxygen atoms in total. The highest BCUT2D eigenvalue weighted by molar-refractivity contribution is 5.95. The number of aromatic nitrogens is 2. The molecular formula is C16H18FN3O4. The molecule has 1 aromatic carbocycles. The van der Waals surface area contributed by atoms with Gasteiger partial charge in [0, 0.05) is 0 Å². The number of esters is 1. The lowest BCUT2D eigenvalue weighted by atomic mass is 10.2. The summed E-state index contributed by atoms with van der Waals surface area (Å²) in [6.07, 6.45) is 0.395. The lowest BCUT2D eigenvalue weighted by molar-refractivity contribution is -0.142. The van der Waals surface area contributed by atoms with Crippen LogP contribution in [0.3, 0.4) is 0 Å². The number of hydrogen-bond acceptors (Lipinski definition) is 5. The average Bonchev–Trinajstić information content (AvgIpc) is 3.07. The summed E-state index contributed by atoms with van der Waals surface area (Å²) in [7, 11) is 1.25. The van der Waals surface area contributed by atoms with Gasteiger partial charge in [-0.1, -0.05) is 19.1 Å². The van der Waals surface area contributed by atoms with Gasteiger partial charge < -0.3 is 14.8 Å². The number of para-hydroxylation sites is 1. The van der Waals surface area contributed by atoms with Crippen molar-refractivity contribution in [2.75, 3.05) is 7.11 Å². The second-order valence-corrected chi connectivity index (χ2v) is 4.95. The Morgan fingerprint density at radius 3 is 2.79 bits per heavy atom. The third-order valence-electron chi connectivity index (χ3n) is 3.28. The van der Waals surface area contributed by atoms with Crippen molar-refractivity contribution >= 4 is 11.9 Å². The van der Waals surface area contributed by atoms with Crippen LogP contribution in [0.2, 0.25) is 0 Å². The summed E-state index contributed by atoms with van der Waals surface area (Å²) in [5, 5.41) is 9.03. The van der Waals surface area contributed by atoms with Crippen molar-refractivity contribution in [3.8, 4) is 5.75 Å². The quantitative estimate of drug-likeness (QED) is 0.753. The van der Waals surface area contributed by atoms with Gasteiger partial charge in [-0.05, 0) is 24.6 Å². The molecule has 2 rings (SSSR count). The number of H-pyrrole nitrogens is 1. The van der Waals surface area contributed by atoms with Crippen molar-refractivity contribution in [2.24, 2.45) is 0 Å². The van der Waals surface area contributed by atoms with Gasteiger partial charge in [-0.2, -0.15) is 5.10 Å². The Morgan fingerprint density at radius 1 is 1.38 bits per heavy atom. The van der Waals surface area contributed by atoms with Crippen molar-refractivity contribution in [1.29, 1.82) is 0 Å². The van der Waals surface area contributed by atoms with Crippen LogP contribution in [-0.4, -0.2) is 35.2 Å². The van der Waals surface area contributed by atoms with E-state index < -0.39 is 23.7 Å². The number of halogens is 1. The third-order valence-corrected chi connectivity index (χ3v) is 3.28. The fraction of sp³-hybridized carbons (Fsp3) is 0.312. The van der Waals surface area contributed by atoms with E-state index in [2.05, 4.69) is 20.3 Å². The molecule has 0 saturated heterocycles. The Hall–Kier alpha value is -2.90. The maximum absolute atomic E-state index is 13.5. The molecule has 1 atom stereocenters. The molecule has 2 N–H and O–H groups in total. The highest BCUT2D eigenvalue weighted by Gasteiger charge is 2.21. The summed E-state index contributed by atoms with van der Waals surface area (Å²) in [6, 6.07) is 6.74. The first-order chi connectivity index (χ1) is 11.5. The zero-order valence-electron chi connectivity index (χ0n) is 13.3. The van der Waals surface area contributed by atoms with Gasteiger partial charge in [-0.15, -0.1) is 0 Å². The average molecular weight is 335 g/mol. The lowest BCUT2D eigenvalue weighted by Gasteiger charge is -2.13. The lowest BCUT2D eigenvalue weighted by Crippen LogP contribution is -2.41. The maximum Gasteiger partial charge on any atom is 0.328 e. The zero-order valence-corrected chi connectivity index (χ0v) is 13.3. The minimum atomic E-state index is -0.739. The first kappa shape index (κ1) is 17.5. The number of carbonyl (C=O) groups is 2. The fourth-order valence-corrected chi connectivity index (χ4v) is 1.97. The van der Waals surface area contributed by atoms with Gasteiger partial charge in [0.05, 0.1) is 12.8 Å². The van der Waals surface area contributed by atoms with Crippen LogP contribution < -0.4 is 10.1 Å². The molecule has 1 amide bonds. The highest BCUT2D eigenvalue weighted by Crippen LogP contribution is 2.16. The Bertz CT molecular complexity index is 717. The molecule has 128 valence electrons. The molecule has 2 aromatic rings. The predicted molar refractivity (Wildman–Crippen MR) is 82.9 cm³/mol. The van der Waals surface area contributed by atoms with Crippen LogP contribution >= 0.6 is 0 Å². The number of ether oxygens (including phenoxy) is 2. The summed E-state index contributed by atoms with van der Waals surface area (Å²) in [4.78, 5) is 23.6. The van der Waals surface area contributed by atoms with Gasteiger partial charge in [0.1, 0.15) is 18.3 Å². The van der Waals surface area contributed by atoms with E-state index in [9.17, 15) is 14.0 Å². The SMILES string of the molecule is CC[C@H](NC(=O)c1cc(COc2ccccc2F)[nH]n1)C(=O)OC. The summed E-state index contributed by atoms with van der Waals surface area (Å²) < 4.78 is 23.4. The van der Waals surface area contributed by atoms with E-state index in [4.69, 9.17) is 4.74 Å². The fourth-order valence-electron chi connectivity index (χ4n) is 1.97. The van der Waals surface area contributed by atoms with E-state index in [-0.39, 0.29) is 18.1 Å². The smallest absolute Gasteiger partial charge is 0.328 e. The Labute approximate surface area is 138 Å². The van der Waals surface area contributed by atoms with Crippen molar-refractivity contribution < 1.29 is 23.5 Å². The normalized spacial score (nSPS) is 11.6. The Kier molecular flexibility index (Phi) is 5.89. The van der Waals surface area contributed by atoms with E-state index in [1.165, 1.54) is 25.3 Å². The number of carbonyl (C=O) groups excluding carboxylic acids is 2. The summed E-state index contributed by atoms with van der Waals surface area (Å²) in [6.45, 7) is 1.77. The van der Waals surface area contributed by atoms with Gasteiger partial charge >= 0.3 is 5.97 Å². The molecule has 0 aliphatic rings. The van der Waals surface area contributed by atoms with E-state index in [0.717, 1.165) is 0 Å². The largest absolute Gasteiger partial charge is 0.484 e. The van der Waals surface area contributed by atoms with Gasteiger partial charge in [-0.3, -0.25) is 9.89 Å². The molecule has 24 heavy (non-hydrogen) atoms. The second-order valence-electron chi connectivity index (χ2n) is 4.95. The van der Waals surface area contributed by atoms with Crippen LogP contribution in [0.15, 0.2) is 30.3 Å². The number of aromatic amines is 1. The monoisotopic (exact) mass is 335 g/mol. The second kappa shape index (κ2) is 8.09. The van der Waals surface area contributed by atoms with E-state index in [0.29, 0.717) is 12.1 Å². The number of hydrogen-bond donors (Lipinski definition) is 2. The van der Waals surface area contributed by atoms with Crippen LogP contribution in [0.25, 0.3) is 0 Å². The molecule has 0 aliphatic carbocycles. The van der Waals surface area contributed by atoms with E-state index in [1.807, 2.05) is 0 Å². The van der Waals surface area contributed by atoms with Crippen LogP contribution in [0, 0.1) is 5.82 Å². The molecule has 0 radical (unpaired) electrons. The zero-order chi connectivity index (χ0) is 17.5. The van der Waals surface area contributed by atoms with Crippen LogP contribution in [-0.2, 0) is 16.1 Å². The number of amides is 1. The summed E-state index contributed by atoms with van der Waals surface area (Å²) >= 11 is 0. The Balaban J connectivity index is 1.96. The van der Waals surface area contributed by atoms with Gasteiger partial charge in [0.25, 0.3) is 5.91 Å². The highest BCUT2D eigenvalue weighted by atomic mass is 19.1. The number of benzene rings is 1. The molecule has 1 aromatic heterocycles. The maximum atomic E-state index is 13.5. The molecule has 0 unspecified atom stereocenters. The molecule has 0 fully saturated rings. The predicted octanol–water partition coefficient (Wildman–Crippen LogP) is 1.81. The molecule has 0 spiro atoms. The topological polar surface area (TPSA) is 93.3 Å². The third kappa shape index (κ3) is 4.31. The van der Waals surface area contributed by atoms with Crippen molar-refractivity contribution in [1.82, 2.24) is 15.5 Å². The number of nitrogens with zero attached hydrogens (tertiary/aromatic N) is 1.